The van der Waals surface area contributed by atoms with E-state index >= 15 is 0 Å². The first-order valence-corrected chi connectivity index (χ1v) is 10.1. The zero-order chi connectivity index (χ0) is 20.5. The summed E-state index contributed by atoms with van der Waals surface area (Å²) in [5, 5.41) is 7.30. The van der Waals surface area contributed by atoms with Crippen LogP contribution in [-0.2, 0) is 4.79 Å². The number of aryl methyl sites for hydroxylation is 1. The van der Waals surface area contributed by atoms with Gasteiger partial charge in [0.1, 0.15) is 10.7 Å². The van der Waals surface area contributed by atoms with Gasteiger partial charge in [0.05, 0.1) is 29.1 Å². The van der Waals surface area contributed by atoms with Crippen LogP contribution in [0.15, 0.2) is 42.2 Å². The maximum atomic E-state index is 13.2. The molecule has 2 aromatic heterocycles. The number of hydrogen-bond donors (Lipinski definition) is 1. The lowest BCUT2D eigenvalue weighted by molar-refractivity contribution is -0.127. The van der Waals surface area contributed by atoms with Crippen molar-refractivity contribution in [2.75, 3.05) is 13.6 Å². The Morgan fingerprint density at radius 2 is 2.10 bits per heavy atom. The maximum Gasteiger partial charge on any atom is 0.263 e. The summed E-state index contributed by atoms with van der Waals surface area (Å²) >= 11 is 1.30. The molecule has 150 valence electrons. The minimum Gasteiger partial charge on any atom is -0.351 e. The number of aromatic nitrogens is 3. The summed E-state index contributed by atoms with van der Waals surface area (Å²) in [4.78, 5) is 31.1. The summed E-state index contributed by atoms with van der Waals surface area (Å²) in [6.07, 6.45) is 3.91. The Hall–Kier alpha value is -3.07. The zero-order valence-corrected chi connectivity index (χ0v) is 16.8. The Morgan fingerprint density at radius 3 is 2.79 bits per heavy atom. The van der Waals surface area contributed by atoms with Gasteiger partial charge in [0.25, 0.3) is 5.91 Å². The van der Waals surface area contributed by atoms with Crippen LogP contribution >= 0.6 is 11.3 Å². The van der Waals surface area contributed by atoms with Crippen molar-refractivity contribution in [3.05, 3.63) is 64.1 Å². The Morgan fingerprint density at radius 1 is 1.34 bits per heavy atom. The molecule has 3 heterocycles. The van der Waals surface area contributed by atoms with Gasteiger partial charge in [0.2, 0.25) is 5.91 Å². The van der Waals surface area contributed by atoms with Gasteiger partial charge in [-0.25, -0.2) is 14.1 Å². The van der Waals surface area contributed by atoms with Crippen LogP contribution in [0, 0.1) is 18.7 Å². The Labute approximate surface area is 171 Å². The molecule has 1 saturated heterocycles. The van der Waals surface area contributed by atoms with Crippen LogP contribution in [0.1, 0.15) is 33.4 Å². The van der Waals surface area contributed by atoms with E-state index in [1.54, 1.807) is 47.4 Å². The summed E-state index contributed by atoms with van der Waals surface area (Å²) < 4.78 is 14.8. The molecule has 0 unspecified atom stereocenters. The van der Waals surface area contributed by atoms with Crippen molar-refractivity contribution in [2.45, 2.75) is 19.4 Å². The van der Waals surface area contributed by atoms with Gasteiger partial charge >= 0.3 is 0 Å². The molecule has 1 aliphatic heterocycles. The van der Waals surface area contributed by atoms with Gasteiger partial charge < -0.3 is 10.2 Å². The van der Waals surface area contributed by atoms with Crippen molar-refractivity contribution in [2.24, 2.45) is 5.92 Å². The van der Waals surface area contributed by atoms with Gasteiger partial charge in [-0.15, -0.1) is 11.3 Å². The molecule has 3 aromatic rings. The maximum absolute atomic E-state index is 13.2. The summed E-state index contributed by atoms with van der Waals surface area (Å²) in [5.41, 5.74) is 3.94. The minimum absolute atomic E-state index is 0.0257. The molecular formula is C20H20FN5O2S. The van der Waals surface area contributed by atoms with Crippen molar-refractivity contribution in [1.82, 2.24) is 25.0 Å². The molecule has 1 aliphatic rings. The SMILES string of the molecule is Cc1ncsc1C(=O)NC[C@@H]1CC(=O)N(C)[C@H]1c1cnn(-c2ccc(F)cc2)c1. The predicted molar refractivity (Wildman–Crippen MR) is 106 cm³/mol. The molecule has 0 aliphatic carbocycles. The first kappa shape index (κ1) is 19.3. The standard InChI is InChI=1S/C20H20FN5O2S/c1-12-19(29-11-23-12)20(28)22-8-13-7-17(27)25(2)18(13)14-9-24-26(10-14)16-5-3-15(21)4-6-16/h3-6,9-11,13,18H,7-8H2,1-2H3,(H,22,28)/t13-,18+/m0/s1. The number of halogens is 1. The third-order valence-electron chi connectivity index (χ3n) is 5.21. The summed E-state index contributed by atoms with van der Waals surface area (Å²) in [6, 6.07) is 5.85. The van der Waals surface area contributed by atoms with E-state index in [0.717, 1.165) is 11.3 Å². The highest BCUT2D eigenvalue weighted by Gasteiger charge is 2.39. The molecule has 7 nitrogen and oxygen atoms in total. The van der Waals surface area contributed by atoms with Gasteiger partial charge in [0.15, 0.2) is 0 Å². The van der Waals surface area contributed by atoms with E-state index < -0.39 is 0 Å². The van der Waals surface area contributed by atoms with Crippen LogP contribution in [-0.4, -0.2) is 45.1 Å². The second kappa shape index (κ2) is 7.75. The Bertz CT molecular complexity index is 1050. The van der Waals surface area contributed by atoms with Gasteiger partial charge in [-0.1, -0.05) is 0 Å². The van der Waals surface area contributed by atoms with Crippen molar-refractivity contribution < 1.29 is 14.0 Å². The van der Waals surface area contributed by atoms with E-state index in [-0.39, 0.29) is 29.6 Å². The van der Waals surface area contributed by atoms with E-state index in [9.17, 15) is 14.0 Å². The van der Waals surface area contributed by atoms with E-state index in [1.807, 2.05) is 6.20 Å². The molecular weight excluding hydrogens is 393 g/mol. The lowest BCUT2D eigenvalue weighted by atomic mass is 9.95. The molecule has 1 aromatic carbocycles. The van der Waals surface area contributed by atoms with Crippen LogP contribution in [0.3, 0.4) is 0 Å². The number of amides is 2. The molecule has 1 fully saturated rings. The summed E-state index contributed by atoms with van der Waals surface area (Å²) in [5.74, 6) is -0.532. The Kier molecular flexibility index (Phi) is 5.14. The van der Waals surface area contributed by atoms with Gasteiger partial charge in [-0.2, -0.15) is 5.10 Å². The van der Waals surface area contributed by atoms with Crippen molar-refractivity contribution in [3.63, 3.8) is 0 Å². The third-order valence-corrected chi connectivity index (χ3v) is 6.13. The summed E-state index contributed by atoms with van der Waals surface area (Å²) in [6.45, 7) is 2.17. The molecule has 2 amide bonds. The highest BCUT2D eigenvalue weighted by atomic mass is 32.1. The molecule has 0 saturated carbocycles. The van der Waals surface area contributed by atoms with E-state index in [4.69, 9.17) is 0 Å². The molecule has 4 rings (SSSR count). The number of thiazole rings is 1. The minimum atomic E-state index is -0.311. The predicted octanol–water partition coefficient (Wildman–Crippen LogP) is 2.73. The lowest BCUT2D eigenvalue weighted by Crippen LogP contribution is -2.32. The quantitative estimate of drug-likeness (QED) is 0.698. The van der Waals surface area contributed by atoms with Gasteiger partial charge in [0, 0.05) is 37.7 Å². The highest BCUT2D eigenvalue weighted by Crippen LogP contribution is 2.36. The summed E-state index contributed by atoms with van der Waals surface area (Å²) in [7, 11) is 1.76. The van der Waals surface area contributed by atoms with Crippen molar-refractivity contribution in [3.8, 4) is 5.69 Å². The molecule has 0 spiro atoms. The fraction of sp³-hybridized carbons (Fsp3) is 0.300. The van der Waals surface area contributed by atoms with E-state index in [0.29, 0.717) is 23.5 Å². The molecule has 1 N–H and O–H groups in total. The van der Waals surface area contributed by atoms with E-state index in [1.165, 1.54) is 23.5 Å². The van der Waals surface area contributed by atoms with Gasteiger partial charge in [-0.05, 0) is 31.2 Å². The Balaban J connectivity index is 1.51. The van der Waals surface area contributed by atoms with Crippen LogP contribution in [0.4, 0.5) is 4.39 Å². The van der Waals surface area contributed by atoms with E-state index in [2.05, 4.69) is 15.4 Å². The number of likely N-dealkylation sites (tertiary alicyclic amines) is 1. The fourth-order valence-electron chi connectivity index (χ4n) is 3.68. The smallest absolute Gasteiger partial charge is 0.263 e. The number of nitrogens with zero attached hydrogens (tertiary/aromatic N) is 4. The van der Waals surface area contributed by atoms with Crippen LogP contribution in [0.5, 0.6) is 0 Å². The topological polar surface area (TPSA) is 80.1 Å². The molecule has 9 heteroatoms. The number of nitrogens with one attached hydrogen (secondary N) is 1. The van der Waals surface area contributed by atoms with Crippen molar-refractivity contribution >= 4 is 23.2 Å². The average molecular weight is 413 g/mol. The third kappa shape index (κ3) is 3.77. The van der Waals surface area contributed by atoms with Crippen molar-refractivity contribution in [1.29, 1.82) is 0 Å². The number of rotatable bonds is 5. The highest BCUT2D eigenvalue weighted by molar-refractivity contribution is 7.11. The number of carbonyl (C=O) groups excluding carboxylic acids is 2. The molecule has 29 heavy (non-hydrogen) atoms. The molecule has 0 radical (unpaired) electrons. The van der Waals surface area contributed by atoms with Crippen LogP contribution in [0.2, 0.25) is 0 Å². The first-order valence-electron chi connectivity index (χ1n) is 9.18. The largest absolute Gasteiger partial charge is 0.351 e. The average Bonchev–Trinajstić information content (AvgIpc) is 3.41. The van der Waals surface area contributed by atoms with Crippen LogP contribution in [0.25, 0.3) is 5.69 Å². The normalized spacial score (nSPS) is 19.0. The molecule has 0 bridgehead atoms. The van der Waals surface area contributed by atoms with Crippen LogP contribution < -0.4 is 5.32 Å². The van der Waals surface area contributed by atoms with Gasteiger partial charge in [-0.3, -0.25) is 9.59 Å². The number of benzene rings is 1. The second-order valence-electron chi connectivity index (χ2n) is 7.09. The molecule has 2 atom stereocenters. The lowest BCUT2D eigenvalue weighted by Gasteiger charge is -2.24. The number of hydrogen-bond acceptors (Lipinski definition) is 5. The zero-order valence-electron chi connectivity index (χ0n) is 16.0. The second-order valence-corrected chi connectivity index (χ2v) is 7.94. The number of carbonyl (C=O) groups is 2. The monoisotopic (exact) mass is 413 g/mol. The fourth-order valence-corrected chi connectivity index (χ4v) is 4.40. The first-order chi connectivity index (χ1) is 13.9.